The van der Waals surface area contributed by atoms with Crippen LogP contribution in [-0.4, -0.2) is 23.7 Å². The number of hydrogen-bond acceptors (Lipinski definition) is 3. The van der Waals surface area contributed by atoms with E-state index in [2.05, 4.69) is 5.32 Å². The van der Waals surface area contributed by atoms with Crippen molar-refractivity contribution in [2.24, 2.45) is 0 Å². The molecule has 0 aliphatic carbocycles. The number of aryl methyl sites for hydroxylation is 1. The van der Waals surface area contributed by atoms with Crippen LogP contribution in [0, 0.1) is 6.92 Å². The molecule has 0 saturated carbocycles. The van der Waals surface area contributed by atoms with Crippen molar-refractivity contribution >= 4 is 12.1 Å². The third-order valence-electron chi connectivity index (χ3n) is 2.44. The van der Waals surface area contributed by atoms with E-state index in [0.29, 0.717) is 5.56 Å². The van der Waals surface area contributed by atoms with E-state index in [0.717, 1.165) is 12.1 Å². The van der Waals surface area contributed by atoms with E-state index >= 15 is 0 Å². The van der Waals surface area contributed by atoms with Gasteiger partial charge in [0.15, 0.2) is 0 Å². The molecule has 0 unspecified atom stereocenters. The molecular formula is C13H14F3NO4. The van der Waals surface area contributed by atoms with Crippen LogP contribution in [-0.2, 0) is 22.3 Å². The number of amides is 1. The van der Waals surface area contributed by atoms with Crippen molar-refractivity contribution < 1.29 is 32.6 Å². The molecule has 1 aromatic rings. The van der Waals surface area contributed by atoms with E-state index in [1.165, 1.54) is 13.0 Å². The summed E-state index contributed by atoms with van der Waals surface area (Å²) in [6, 6.07) is 3.37. The van der Waals surface area contributed by atoms with Gasteiger partial charge >= 0.3 is 18.2 Å². The number of halogens is 3. The van der Waals surface area contributed by atoms with Gasteiger partial charge in [0.25, 0.3) is 0 Å². The Morgan fingerprint density at radius 1 is 1.29 bits per heavy atom. The highest BCUT2D eigenvalue weighted by atomic mass is 19.4. The standard InChI is InChI=1S/C13H14F3NO4/c1-8-4-9(6-10(5-8)13(14,15)16)7-21-12(20)17-3-2-11(18)19/h4-6H,2-3,7H2,1H3,(H,17,20)(H,18,19). The molecule has 0 saturated heterocycles. The Hall–Kier alpha value is -2.25. The summed E-state index contributed by atoms with van der Waals surface area (Å²) in [5.74, 6) is -1.08. The lowest BCUT2D eigenvalue weighted by molar-refractivity contribution is -0.138. The molecule has 0 aliphatic heterocycles. The molecule has 0 radical (unpaired) electrons. The predicted octanol–water partition coefficient (Wildman–Crippen LogP) is 2.71. The molecule has 116 valence electrons. The second kappa shape index (κ2) is 6.96. The zero-order valence-electron chi connectivity index (χ0n) is 11.2. The van der Waals surface area contributed by atoms with Crippen LogP contribution in [0.2, 0.25) is 0 Å². The highest BCUT2D eigenvalue weighted by Crippen LogP contribution is 2.30. The van der Waals surface area contributed by atoms with Gasteiger partial charge in [-0.25, -0.2) is 4.79 Å². The smallest absolute Gasteiger partial charge is 0.416 e. The van der Waals surface area contributed by atoms with Crippen LogP contribution in [0.15, 0.2) is 18.2 Å². The number of aliphatic carboxylic acids is 1. The molecule has 0 bridgehead atoms. The maximum Gasteiger partial charge on any atom is 0.416 e. The van der Waals surface area contributed by atoms with E-state index in [9.17, 15) is 22.8 Å². The number of nitrogens with one attached hydrogen (secondary N) is 1. The van der Waals surface area contributed by atoms with E-state index in [4.69, 9.17) is 9.84 Å². The van der Waals surface area contributed by atoms with Crippen molar-refractivity contribution in [3.05, 3.63) is 34.9 Å². The molecule has 0 heterocycles. The molecule has 0 aliphatic rings. The minimum atomic E-state index is -4.47. The van der Waals surface area contributed by atoms with Crippen molar-refractivity contribution in [3.8, 4) is 0 Å². The van der Waals surface area contributed by atoms with Gasteiger partial charge in [0.1, 0.15) is 6.61 Å². The molecule has 0 atom stereocenters. The lowest BCUT2D eigenvalue weighted by atomic mass is 10.1. The lowest BCUT2D eigenvalue weighted by Crippen LogP contribution is -2.26. The Morgan fingerprint density at radius 3 is 2.52 bits per heavy atom. The lowest BCUT2D eigenvalue weighted by Gasteiger charge is -2.11. The van der Waals surface area contributed by atoms with E-state index in [-0.39, 0.29) is 25.1 Å². The number of carbonyl (C=O) groups excluding carboxylic acids is 1. The van der Waals surface area contributed by atoms with Crippen LogP contribution in [0.4, 0.5) is 18.0 Å². The third kappa shape index (κ3) is 6.15. The van der Waals surface area contributed by atoms with Gasteiger partial charge in [-0.3, -0.25) is 4.79 Å². The number of benzene rings is 1. The summed E-state index contributed by atoms with van der Waals surface area (Å²) < 4.78 is 42.6. The average molecular weight is 305 g/mol. The molecule has 2 N–H and O–H groups in total. The zero-order chi connectivity index (χ0) is 16.0. The summed E-state index contributed by atoms with van der Waals surface area (Å²) in [4.78, 5) is 21.4. The number of ether oxygens (including phenoxy) is 1. The first-order chi connectivity index (χ1) is 9.68. The number of hydrogen-bond donors (Lipinski definition) is 2. The maximum atomic E-state index is 12.6. The number of carboxylic acid groups (broad SMARTS) is 1. The summed E-state index contributed by atoms with van der Waals surface area (Å²) in [6.07, 6.45) is -5.62. The molecule has 1 rings (SSSR count). The first kappa shape index (κ1) is 16.8. The van der Waals surface area contributed by atoms with Crippen LogP contribution in [0.1, 0.15) is 23.1 Å². The SMILES string of the molecule is Cc1cc(COC(=O)NCCC(=O)O)cc(C(F)(F)F)c1. The fourth-order valence-electron chi connectivity index (χ4n) is 1.58. The summed E-state index contributed by atoms with van der Waals surface area (Å²) in [5.41, 5.74) is -0.210. The highest BCUT2D eigenvalue weighted by molar-refractivity contribution is 5.70. The van der Waals surface area contributed by atoms with Gasteiger partial charge in [-0.1, -0.05) is 11.6 Å². The summed E-state index contributed by atoms with van der Waals surface area (Å²) >= 11 is 0. The Kier molecular flexibility index (Phi) is 5.57. The number of rotatable bonds is 5. The Morgan fingerprint density at radius 2 is 1.95 bits per heavy atom. The summed E-state index contributed by atoms with van der Waals surface area (Å²) in [5, 5.41) is 10.6. The van der Waals surface area contributed by atoms with Crippen molar-refractivity contribution in [2.75, 3.05) is 6.54 Å². The third-order valence-corrected chi connectivity index (χ3v) is 2.44. The average Bonchev–Trinajstić information content (AvgIpc) is 2.34. The van der Waals surface area contributed by atoms with Crippen LogP contribution >= 0.6 is 0 Å². The van der Waals surface area contributed by atoms with E-state index in [1.54, 1.807) is 0 Å². The Labute approximate surface area is 118 Å². The van der Waals surface area contributed by atoms with Gasteiger partial charge in [0, 0.05) is 6.54 Å². The second-order valence-electron chi connectivity index (χ2n) is 4.35. The fraction of sp³-hybridized carbons (Fsp3) is 0.385. The van der Waals surface area contributed by atoms with Crippen molar-refractivity contribution in [3.63, 3.8) is 0 Å². The van der Waals surface area contributed by atoms with Crippen molar-refractivity contribution in [1.29, 1.82) is 0 Å². The molecule has 1 amide bonds. The van der Waals surface area contributed by atoms with Gasteiger partial charge in [0.2, 0.25) is 0 Å². The molecule has 0 fully saturated rings. The number of alkyl halides is 3. The first-order valence-electron chi connectivity index (χ1n) is 5.98. The quantitative estimate of drug-likeness (QED) is 0.877. The zero-order valence-corrected chi connectivity index (χ0v) is 11.2. The van der Waals surface area contributed by atoms with Gasteiger partial charge in [-0.15, -0.1) is 0 Å². The predicted molar refractivity (Wildman–Crippen MR) is 66.6 cm³/mol. The van der Waals surface area contributed by atoms with Gasteiger partial charge in [-0.2, -0.15) is 13.2 Å². The summed E-state index contributed by atoms with van der Waals surface area (Å²) in [6.45, 7) is 1.06. The molecule has 1 aromatic carbocycles. The molecule has 0 aromatic heterocycles. The number of alkyl carbamates (subject to hydrolysis) is 1. The van der Waals surface area contributed by atoms with Gasteiger partial charge in [-0.05, 0) is 24.6 Å². The van der Waals surface area contributed by atoms with Crippen LogP contribution in [0.5, 0.6) is 0 Å². The second-order valence-corrected chi connectivity index (χ2v) is 4.35. The molecule has 0 spiro atoms. The van der Waals surface area contributed by atoms with Gasteiger partial charge < -0.3 is 15.2 Å². The molecule has 8 heteroatoms. The Bertz CT molecular complexity index is 529. The minimum Gasteiger partial charge on any atom is -0.481 e. The highest BCUT2D eigenvalue weighted by Gasteiger charge is 2.30. The monoisotopic (exact) mass is 305 g/mol. The largest absolute Gasteiger partial charge is 0.481 e. The van der Waals surface area contributed by atoms with Crippen LogP contribution in [0.3, 0.4) is 0 Å². The van der Waals surface area contributed by atoms with Crippen LogP contribution < -0.4 is 5.32 Å². The van der Waals surface area contributed by atoms with Crippen LogP contribution in [0.25, 0.3) is 0 Å². The topological polar surface area (TPSA) is 75.6 Å². The minimum absolute atomic E-state index is 0.115. The van der Waals surface area contributed by atoms with Gasteiger partial charge in [0.05, 0.1) is 12.0 Å². The number of carbonyl (C=O) groups is 2. The van der Waals surface area contributed by atoms with Crippen molar-refractivity contribution in [2.45, 2.75) is 26.1 Å². The number of carboxylic acids is 1. The Balaban J connectivity index is 2.57. The first-order valence-corrected chi connectivity index (χ1v) is 5.98. The molecular weight excluding hydrogens is 291 g/mol. The molecule has 21 heavy (non-hydrogen) atoms. The normalized spacial score (nSPS) is 11.0. The maximum absolute atomic E-state index is 12.6. The summed E-state index contributed by atoms with van der Waals surface area (Å²) in [7, 11) is 0. The molecule has 5 nitrogen and oxygen atoms in total. The fourth-order valence-corrected chi connectivity index (χ4v) is 1.58. The van der Waals surface area contributed by atoms with E-state index in [1.807, 2.05) is 0 Å². The van der Waals surface area contributed by atoms with Crippen molar-refractivity contribution in [1.82, 2.24) is 5.32 Å². The van der Waals surface area contributed by atoms with E-state index < -0.39 is 23.8 Å².